The van der Waals surface area contributed by atoms with E-state index in [1.54, 1.807) is 22.8 Å². The standard InChI is InChI=1S/C11H17N5S/c1-3-14-11(6-12,9-4-5-9)7-17-10-13-8-15-16(10)2/h8-9,14H,3-5,7H2,1-2H3. The first kappa shape index (κ1) is 12.4. The number of aryl methyl sites for hydroxylation is 1. The Labute approximate surface area is 106 Å². The fourth-order valence-corrected chi connectivity index (χ4v) is 3.08. The molecule has 1 fully saturated rings. The Morgan fingerprint density at radius 2 is 2.47 bits per heavy atom. The number of aromatic nitrogens is 3. The molecule has 0 saturated heterocycles. The molecule has 0 aliphatic heterocycles. The van der Waals surface area contributed by atoms with Gasteiger partial charge in [-0.25, -0.2) is 9.67 Å². The maximum absolute atomic E-state index is 9.45. The quantitative estimate of drug-likeness (QED) is 0.769. The van der Waals surface area contributed by atoms with E-state index in [-0.39, 0.29) is 0 Å². The molecular weight excluding hydrogens is 234 g/mol. The van der Waals surface area contributed by atoms with Crippen LogP contribution in [0.15, 0.2) is 11.5 Å². The van der Waals surface area contributed by atoms with Gasteiger partial charge in [-0.2, -0.15) is 10.4 Å². The van der Waals surface area contributed by atoms with Crippen molar-refractivity contribution in [1.29, 1.82) is 5.26 Å². The molecule has 1 aromatic heterocycles. The van der Waals surface area contributed by atoms with E-state index < -0.39 is 5.54 Å². The van der Waals surface area contributed by atoms with Gasteiger partial charge in [0.05, 0.1) is 6.07 Å². The molecule has 1 N–H and O–H groups in total. The third-order valence-corrected chi connectivity index (χ3v) is 4.29. The minimum Gasteiger partial charge on any atom is -0.299 e. The molecule has 0 amide bonds. The number of hydrogen-bond acceptors (Lipinski definition) is 5. The highest BCUT2D eigenvalue weighted by Gasteiger charge is 2.45. The summed E-state index contributed by atoms with van der Waals surface area (Å²) in [6, 6.07) is 2.47. The lowest BCUT2D eigenvalue weighted by molar-refractivity contribution is 0.415. The van der Waals surface area contributed by atoms with Gasteiger partial charge in [0.15, 0.2) is 5.16 Å². The first-order valence-electron chi connectivity index (χ1n) is 5.85. The molecule has 0 spiro atoms. The fourth-order valence-electron chi connectivity index (χ4n) is 1.96. The fraction of sp³-hybridized carbons (Fsp3) is 0.727. The molecule has 0 aromatic carbocycles. The number of nitrogens with one attached hydrogen (secondary N) is 1. The van der Waals surface area contributed by atoms with Crippen molar-refractivity contribution in [2.45, 2.75) is 30.5 Å². The molecule has 5 nitrogen and oxygen atoms in total. The highest BCUT2D eigenvalue weighted by atomic mass is 32.2. The Hall–Kier alpha value is -1.06. The monoisotopic (exact) mass is 251 g/mol. The molecule has 1 aliphatic carbocycles. The zero-order valence-electron chi connectivity index (χ0n) is 10.2. The average Bonchev–Trinajstić information content (AvgIpc) is 3.10. The van der Waals surface area contributed by atoms with E-state index in [1.807, 2.05) is 14.0 Å². The summed E-state index contributed by atoms with van der Waals surface area (Å²) in [5.41, 5.74) is -0.397. The Kier molecular flexibility index (Phi) is 3.69. The lowest BCUT2D eigenvalue weighted by Crippen LogP contribution is -2.48. The minimum atomic E-state index is -0.397. The molecule has 1 heterocycles. The van der Waals surface area contributed by atoms with Gasteiger partial charge < -0.3 is 0 Å². The van der Waals surface area contributed by atoms with Gasteiger partial charge >= 0.3 is 0 Å². The number of nitriles is 1. The van der Waals surface area contributed by atoms with E-state index >= 15 is 0 Å². The predicted octanol–water partition coefficient (Wildman–Crippen LogP) is 1.19. The molecule has 1 aliphatic rings. The van der Waals surface area contributed by atoms with Gasteiger partial charge in [0, 0.05) is 12.8 Å². The number of nitrogens with zero attached hydrogens (tertiary/aromatic N) is 4. The molecule has 0 radical (unpaired) electrons. The van der Waals surface area contributed by atoms with Crippen LogP contribution in [0.1, 0.15) is 19.8 Å². The molecule has 6 heteroatoms. The molecule has 92 valence electrons. The second-order valence-electron chi connectivity index (χ2n) is 4.34. The molecule has 0 bridgehead atoms. The van der Waals surface area contributed by atoms with Crippen molar-refractivity contribution >= 4 is 11.8 Å². The minimum absolute atomic E-state index is 0.397. The van der Waals surface area contributed by atoms with Crippen molar-refractivity contribution in [2.75, 3.05) is 12.3 Å². The molecule has 1 aromatic rings. The highest BCUT2D eigenvalue weighted by molar-refractivity contribution is 7.99. The second-order valence-corrected chi connectivity index (χ2v) is 5.29. The third kappa shape index (κ3) is 2.61. The Morgan fingerprint density at radius 3 is 2.94 bits per heavy atom. The van der Waals surface area contributed by atoms with Crippen molar-refractivity contribution in [2.24, 2.45) is 13.0 Å². The van der Waals surface area contributed by atoms with E-state index in [9.17, 15) is 5.26 Å². The average molecular weight is 251 g/mol. The van der Waals surface area contributed by atoms with E-state index in [0.717, 1.165) is 30.3 Å². The van der Waals surface area contributed by atoms with Crippen LogP contribution in [0, 0.1) is 17.2 Å². The lowest BCUT2D eigenvalue weighted by atomic mass is 9.98. The Morgan fingerprint density at radius 1 is 1.71 bits per heavy atom. The van der Waals surface area contributed by atoms with Gasteiger partial charge in [-0.05, 0) is 25.3 Å². The van der Waals surface area contributed by atoms with Crippen molar-refractivity contribution in [3.8, 4) is 6.07 Å². The Bertz CT molecular complexity index is 420. The number of thioether (sulfide) groups is 1. The van der Waals surface area contributed by atoms with Crippen LogP contribution in [0.2, 0.25) is 0 Å². The summed E-state index contributed by atoms with van der Waals surface area (Å²) in [7, 11) is 1.87. The maximum Gasteiger partial charge on any atom is 0.185 e. The summed E-state index contributed by atoms with van der Waals surface area (Å²) in [5, 5.41) is 17.7. The van der Waals surface area contributed by atoms with Crippen LogP contribution >= 0.6 is 11.8 Å². The summed E-state index contributed by atoms with van der Waals surface area (Å²) in [6.07, 6.45) is 3.85. The number of hydrogen-bond donors (Lipinski definition) is 1. The van der Waals surface area contributed by atoms with Gasteiger partial charge in [0.2, 0.25) is 0 Å². The lowest BCUT2D eigenvalue weighted by Gasteiger charge is -2.26. The highest BCUT2D eigenvalue weighted by Crippen LogP contribution is 2.41. The van der Waals surface area contributed by atoms with E-state index in [0.29, 0.717) is 5.92 Å². The van der Waals surface area contributed by atoms with E-state index in [2.05, 4.69) is 21.5 Å². The maximum atomic E-state index is 9.45. The van der Waals surface area contributed by atoms with Crippen LogP contribution in [0.4, 0.5) is 0 Å². The number of rotatable bonds is 6. The zero-order valence-corrected chi connectivity index (χ0v) is 11.0. The van der Waals surface area contributed by atoms with E-state index in [1.165, 1.54) is 0 Å². The summed E-state index contributed by atoms with van der Waals surface area (Å²) in [5.74, 6) is 1.22. The van der Waals surface area contributed by atoms with Crippen molar-refractivity contribution in [3.05, 3.63) is 6.33 Å². The SMILES string of the molecule is CCNC(C#N)(CSc1ncnn1C)C1CC1. The summed E-state index contributed by atoms with van der Waals surface area (Å²) in [4.78, 5) is 4.17. The first-order chi connectivity index (χ1) is 8.22. The van der Waals surface area contributed by atoms with Crippen LogP contribution < -0.4 is 5.32 Å². The van der Waals surface area contributed by atoms with Gasteiger partial charge in [-0.3, -0.25) is 5.32 Å². The van der Waals surface area contributed by atoms with Crippen LogP contribution in [-0.2, 0) is 7.05 Å². The van der Waals surface area contributed by atoms with Crippen molar-refractivity contribution < 1.29 is 0 Å². The van der Waals surface area contributed by atoms with Crippen LogP contribution in [0.3, 0.4) is 0 Å². The summed E-state index contributed by atoms with van der Waals surface area (Å²) >= 11 is 1.60. The molecule has 2 rings (SSSR count). The van der Waals surface area contributed by atoms with Gasteiger partial charge in [0.25, 0.3) is 0 Å². The predicted molar refractivity (Wildman–Crippen MR) is 66.5 cm³/mol. The van der Waals surface area contributed by atoms with Crippen LogP contribution in [0.5, 0.6) is 0 Å². The largest absolute Gasteiger partial charge is 0.299 e. The van der Waals surface area contributed by atoms with Crippen LogP contribution in [0.25, 0.3) is 0 Å². The van der Waals surface area contributed by atoms with E-state index in [4.69, 9.17) is 0 Å². The van der Waals surface area contributed by atoms with Gasteiger partial charge in [0.1, 0.15) is 11.9 Å². The van der Waals surface area contributed by atoms with Gasteiger partial charge in [-0.15, -0.1) is 0 Å². The Balaban J connectivity index is 2.03. The molecule has 1 atom stereocenters. The third-order valence-electron chi connectivity index (χ3n) is 3.06. The molecule has 1 saturated carbocycles. The van der Waals surface area contributed by atoms with Crippen molar-refractivity contribution in [3.63, 3.8) is 0 Å². The normalized spacial score (nSPS) is 18.6. The first-order valence-corrected chi connectivity index (χ1v) is 6.83. The van der Waals surface area contributed by atoms with Crippen LogP contribution in [-0.4, -0.2) is 32.6 Å². The summed E-state index contributed by atoms with van der Waals surface area (Å²) in [6.45, 7) is 2.87. The zero-order chi connectivity index (χ0) is 12.3. The molecular formula is C11H17N5S. The van der Waals surface area contributed by atoms with Gasteiger partial charge in [-0.1, -0.05) is 18.7 Å². The topological polar surface area (TPSA) is 66.5 Å². The smallest absolute Gasteiger partial charge is 0.185 e. The second kappa shape index (κ2) is 5.07. The van der Waals surface area contributed by atoms with Crippen molar-refractivity contribution in [1.82, 2.24) is 20.1 Å². The molecule has 17 heavy (non-hydrogen) atoms. The summed E-state index contributed by atoms with van der Waals surface area (Å²) < 4.78 is 1.74. The molecule has 1 unspecified atom stereocenters.